The van der Waals surface area contributed by atoms with E-state index in [9.17, 15) is 0 Å². The SMILES string of the molecule is CCC(C)NC1CCCC1CC. The van der Waals surface area contributed by atoms with Crippen molar-refractivity contribution in [3.63, 3.8) is 0 Å². The van der Waals surface area contributed by atoms with E-state index in [1.165, 1.54) is 32.1 Å². The van der Waals surface area contributed by atoms with Gasteiger partial charge in [-0.25, -0.2) is 0 Å². The molecule has 3 atom stereocenters. The minimum Gasteiger partial charge on any atom is -0.311 e. The lowest BCUT2D eigenvalue weighted by molar-refractivity contribution is 0.352. The van der Waals surface area contributed by atoms with Crippen LogP contribution in [0.4, 0.5) is 0 Å². The van der Waals surface area contributed by atoms with Crippen LogP contribution in [0, 0.1) is 5.92 Å². The zero-order valence-electron chi connectivity index (χ0n) is 8.77. The lowest BCUT2D eigenvalue weighted by atomic mass is 10.00. The second-order valence-corrected chi connectivity index (χ2v) is 4.18. The molecule has 0 radical (unpaired) electrons. The monoisotopic (exact) mass is 169 g/mol. The Morgan fingerprint density at radius 2 is 2.08 bits per heavy atom. The number of hydrogen-bond acceptors (Lipinski definition) is 1. The Kier molecular flexibility index (Phi) is 4.07. The van der Waals surface area contributed by atoms with E-state index in [4.69, 9.17) is 0 Å². The van der Waals surface area contributed by atoms with Crippen molar-refractivity contribution in [2.24, 2.45) is 5.92 Å². The summed E-state index contributed by atoms with van der Waals surface area (Å²) in [6, 6.07) is 1.53. The third kappa shape index (κ3) is 2.48. The van der Waals surface area contributed by atoms with Crippen molar-refractivity contribution in [2.45, 2.75) is 65.0 Å². The molecule has 0 amide bonds. The molecule has 0 aromatic heterocycles. The van der Waals surface area contributed by atoms with Crippen molar-refractivity contribution in [3.05, 3.63) is 0 Å². The molecular weight excluding hydrogens is 146 g/mol. The first kappa shape index (κ1) is 10.0. The summed E-state index contributed by atoms with van der Waals surface area (Å²) in [7, 11) is 0. The third-order valence-corrected chi connectivity index (χ3v) is 3.29. The van der Waals surface area contributed by atoms with Crippen molar-refractivity contribution in [2.75, 3.05) is 0 Å². The van der Waals surface area contributed by atoms with Crippen molar-refractivity contribution >= 4 is 0 Å². The topological polar surface area (TPSA) is 12.0 Å². The van der Waals surface area contributed by atoms with Crippen molar-refractivity contribution in [1.29, 1.82) is 0 Å². The lowest BCUT2D eigenvalue weighted by Crippen LogP contribution is -2.38. The zero-order chi connectivity index (χ0) is 8.97. The van der Waals surface area contributed by atoms with E-state index in [-0.39, 0.29) is 0 Å². The molecule has 1 rings (SSSR count). The molecule has 0 aromatic rings. The van der Waals surface area contributed by atoms with Crippen LogP contribution in [0.25, 0.3) is 0 Å². The minimum atomic E-state index is 0.710. The predicted octanol–water partition coefficient (Wildman–Crippen LogP) is 2.95. The van der Waals surface area contributed by atoms with Crippen molar-refractivity contribution in [1.82, 2.24) is 5.32 Å². The van der Waals surface area contributed by atoms with E-state index < -0.39 is 0 Å². The zero-order valence-corrected chi connectivity index (χ0v) is 8.77. The number of nitrogens with one attached hydrogen (secondary N) is 1. The Morgan fingerprint density at radius 1 is 1.33 bits per heavy atom. The van der Waals surface area contributed by atoms with Gasteiger partial charge in [0, 0.05) is 12.1 Å². The maximum atomic E-state index is 3.73. The summed E-state index contributed by atoms with van der Waals surface area (Å²) in [5.74, 6) is 0.957. The maximum absolute atomic E-state index is 3.73. The molecule has 1 saturated carbocycles. The van der Waals surface area contributed by atoms with Gasteiger partial charge < -0.3 is 5.32 Å². The molecule has 1 aliphatic rings. The fraction of sp³-hybridized carbons (Fsp3) is 1.00. The molecule has 0 aromatic carbocycles. The summed E-state index contributed by atoms with van der Waals surface area (Å²) >= 11 is 0. The van der Waals surface area contributed by atoms with Crippen LogP contribution in [0.2, 0.25) is 0 Å². The summed E-state index contributed by atoms with van der Waals surface area (Å²) in [5, 5.41) is 3.73. The average molecular weight is 169 g/mol. The van der Waals surface area contributed by atoms with Gasteiger partial charge >= 0.3 is 0 Å². The highest BCUT2D eigenvalue weighted by atomic mass is 15.0. The normalized spacial score (nSPS) is 32.2. The van der Waals surface area contributed by atoms with Gasteiger partial charge in [-0.05, 0) is 32.1 Å². The standard InChI is InChI=1S/C11H23N/c1-4-9(3)12-11-8-6-7-10(11)5-2/h9-12H,4-8H2,1-3H3. The van der Waals surface area contributed by atoms with Gasteiger partial charge in [0.15, 0.2) is 0 Å². The molecule has 0 heterocycles. The van der Waals surface area contributed by atoms with Gasteiger partial charge in [0.25, 0.3) is 0 Å². The second kappa shape index (κ2) is 4.86. The largest absolute Gasteiger partial charge is 0.311 e. The summed E-state index contributed by atoms with van der Waals surface area (Å²) in [6.07, 6.45) is 6.90. The van der Waals surface area contributed by atoms with Crippen LogP contribution in [0.3, 0.4) is 0 Å². The maximum Gasteiger partial charge on any atom is 0.00976 e. The van der Waals surface area contributed by atoms with Crippen LogP contribution in [0.15, 0.2) is 0 Å². The highest BCUT2D eigenvalue weighted by Gasteiger charge is 2.25. The molecule has 1 nitrogen and oxygen atoms in total. The van der Waals surface area contributed by atoms with Crippen LogP contribution < -0.4 is 5.32 Å². The fourth-order valence-corrected chi connectivity index (χ4v) is 2.23. The van der Waals surface area contributed by atoms with Crippen LogP contribution in [-0.4, -0.2) is 12.1 Å². The van der Waals surface area contributed by atoms with E-state index in [2.05, 4.69) is 26.1 Å². The van der Waals surface area contributed by atoms with Crippen molar-refractivity contribution < 1.29 is 0 Å². The third-order valence-electron chi connectivity index (χ3n) is 3.29. The minimum absolute atomic E-state index is 0.710. The second-order valence-electron chi connectivity index (χ2n) is 4.18. The molecule has 3 unspecified atom stereocenters. The van der Waals surface area contributed by atoms with Gasteiger partial charge in [-0.2, -0.15) is 0 Å². The van der Waals surface area contributed by atoms with Crippen LogP contribution >= 0.6 is 0 Å². The first-order valence-corrected chi connectivity index (χ1v) is 5.54. The first-order valence-electron chi connectivity index (χ1n) is 5.54. The van der Waals surface area contributed by atoms with E-state index in [0.29, 0.717) is 6.04 Å². The Balaban J connectivity index is 2.30. The van der Waals surface area contributed by atoms with Gasteiger partial charge in [0.1, 0.15) is 0 Å². The molecule has 0 bridgehead atoms. The van der Waals surface area contributed by atoms with Crippen LogP contribution in [0.1, 0.15) is 52.9 Å². The first-order chi connectivity index (χ1) is 5.77. The summed E-state index contributed by atoms with van der Waals surface area (Å²) in [5.41, 5.74) is 0. The highest BCUT2D eigenvalue weighted by molar-refractivity contribution is 4.83. The molecule has 12 heavy (non-hydrogen) atoms. The summed E-state index contributed by atoms with van der Waals surface area (Å²) in [6.45, 7) is 6.87. The summed E-state index contributed by atoms with van der Waals surface area (Å²) in [4.78, 5) is 0. The quantitative estimate of drug-likeness (QED) is 0.682. The number of rotatable bonds is 4. The molecule has 0 saturated heterocycles. The van der Waals surface area contributed by atoms with E-state index in [1.807, 2.05) is 0 Å². The lowest BCUT2D eigenvalue weighted by Gasteiger charge is -2.23. The Bertz CT molecular complexity index is 122. The molecule has 1 heteroatoms. The molecule has 1 N–H and O–H groups in total. The van der Waals surface area contributed by atoms with Gasteiger partial charge in [-0.3, -0.25) is 0 Å². The molecule has 0 spiro atoms. The van der Waals surface area contributed by atoms with E-state index >= 15 is 0 Å². The van der Waals surface area contributed by atoms with Crippen LogP contribution in [0.5, 0.6) is 0 Å². The Labute approximate surface area is 76.9 Å². The highest BCUT2D eigenvalue weighted by Crippen LogP contribution is 2.28. The van der Waals surface area contributed by atoms with Crippen molar-refractivity contribution in [3.8, 4) is 0 Å². The Hall–Kier alpha value is -0.0400. The van der Waals surface area contributed by atoms with E-state index in [0.717, 1.165) is 12.0 Å². The number of hydrogen-bond donors (Lipinski definition) is 1. The summed E-state index contributed by atoms with van der Waals surface area (Å²) < 4.78 is 0. The molecule has 1 fully saturated rings. The van der Waals surface area contributed by atoms with Crippen LogP contribution in [-0.2, 0) is 0 Å². The molecular formula is C11H23N. The average Bonchev–Trinajstić information content (AvgIpc) is 2.51. The molecule has 1 aliphatic carbocycles. The molecule has 72 valence electrons. The molecule has 0 aliphatic heterocycles. The van der Waals surface area contributed by atoms with Gasteiger partial charge in [0.2, 0.25) is 0 Å². The van der Waals surface area contributed by atoms with Gasteiger partial charge in [-0.15, -0.1) is 0 Å². The van der Waals surface area contributed by atoms with Gasteiger partial charge in [-0.1, -0.05) is 26.7 Å². The Morgan fingerprint density at radius 3 is 2.67 bits per heavy atom. The smallest absolute Gasteiger partial charge is 0.00976 e. The van der Waals surface area contributed by atoms with Gasteiger partial charge in [0.05, 0.1) is 0 Å². The van der Waals surface area contributed by atoms with E-state index in [1.54, 1.807) is 0 Å². The predicted molar refractivity (Wildman–Crippen MR) is 54.3 cm³/mol. The fourth-order valence-electron chi connectivity index (χ4n) is 2.23.